The number of benzene rings is 2. The van der Waals surface area contributed by atoms with Crippen LogP contribution in [-0.4, -0.2) is 11.1 Å². The van der Waals surface area contributed by atoms with Gasteiger partial charge in [0, 0.05) is 0 Å². The summed E-state index contributed by atoms with van der Waals surface area (Å²) >= 11 is 1.71. The van der Waals surface area contributed by atoms with Gasteiger partial charge in [-0.25, -0.2) is 4.98 Å². The summed E-state index contributed by atoms with van der Waals surface area (Å²) in [6.07, 6.45) is 4.57. The van der Waals surface area contributed by atoms with Crippen LogP contribution in [0.3, 0.4) is 0 Å². The van der Waals surface area contributed by atoms with Gasteiger partial charge in [0.15, 0.2) is 0 Å². The van der Waals surface area contributed by atoms with E-state index in [-0.39, 0.29) is 12.2 Å². The molecule has 0 bridgehead atoms. The Balaban J connectivity index is 1.50. The van der Waals surface area contributed by atoms with Gasteiger partial charge in [-0.2, -0.15) is 0 Å². The van der Waals surface area contributed by atoms with Crippen LogP contribution in [0.5, 0.6) is 0 Å². The Hall–Kier alpha value is -1.97. The van der Waals surface area contributed by atoms with E-state index >= 15 is 0 Å². The summed E-state index contributed by atoms with van der Waals surface area (Å²) in [5.74, 6) is 0. The molecule has 1 saturated heterocycles. The number of para-hydroxylation sites is 1. The first kappa shape index (κ1) is 11.8. The fourth-order valence-corrected chi connectivity index (χ4v) is 3.20. The molecule has 2 unspecified atom stereocenters. The molecule has 2 aromatic carbocycles. The van der Waals surface area contributed by atoms with E-state index in [9.17, 15) is 0 Å². The Kier molecular flexibility index (Phi) is 2.87. The second kappa shape index (κ2) is 4.85. The van der Waals surface area contributed by atoms with Gasteiger partial charge in [-0.05, 0) is 29.8 Å². The lowest BCUT2D eigenvalue weighted by atomic mass is 10.1. The first-order chi connectivity index (χ1) is 9.90. The highest BCUT2D eigenvalue weighted by molar-refractivity contribution is 7.19. The molecule has 0 radical (unpaired) electrons. The van der Waals surface area contributed by atoms with E-state index in [0.717, 1.165) is 10.5 Å². The van der Waals surface area contributed by atoms with Crippen molar-refractivity contribution in [3.8, 4) is 0 Å². The molecule has 1 fully saturated rings. The molecular weight excluding hydrogens is 266 g/mol. The maximum Gasteiger partial charge on any atom is 0.117 e. The Morgan fingerprint density at radius 3 is 2.65 bits per heavy atom. The molecule has 0 aliphatic carbocycles. The zero-order chi connectivity index (χ0) is 13.4. The zero-order valence-corrected chi connectivity index (χ0v) is 11.6. The smallest absolute Gasteiger partial charge is 0.117 e. The van der Waals surface area contributed by atoms with Gasteiger partial charge in [0.25, 0.3) is 0 Å². The van der Waals surface area contributed by atoms with Crippen LogP contribution in [-0.2, 0) is 4.74 Å². The van der Waals surface area contributed by atoms with Crippen LogP contribution >= 0.6 is 11.3 Å². The van der Waals surface area contributed by atoms with E-state index < -0.39 is 0 Å². The van der Waals surface area contributed by atoms with Crippen molar-refractivity contribution in [2.45, 2.75) is 12.2 Å². The van der Waals surface area contributed by atoms with Gasteiger partial charge < -0.3 is 4.74 Å². The van der Waals surface area contributed by atoms with Gasteiger partial charge in [-0.3, -0.25) is 0 Å². The number of epoxide rings is 1. The number of nitrogens with zero attached hydrogens (tertiary/aromatic N) is 1. The molecule has 0 N–H and O–H groups in total. The van der Waals surface area contributed by atoms with E-state index in [4.69, 9.17) is 4.74 Å². The standard InChI is InChI=1S/C17H13NOS/c1-2-6-12(7-3-1)17-14(19-17)10-11-16-18-13-8-4-5-9-15(13)20-16/h1-11,14,17H/b11-10+. The highest BCUT2D eigenvalue weighted by atomic mass is 32.1. The molecule has 4 rings (SSSR count). The van der Waals surface area contributed by atoms with Crippen LogP contribution in [0.1, 0.15) is 16.7 Å². The molecule has 0 spiro atoms. The Bertz CT molecular complexity index is 730. The second-order valence-electron chi connectivity index (χ2n) is 4.81. The third-order valence-corrected chi connectivity index (χ3v) is 4.39. The third-order valence-electron chi connectivity index (χ3n) is 3.39. The van der Waals surface area contributed by atoms with Crippen molar-refractivity contribution in [2.24, 2.45) is 0 Å². The summed E-state index contributed by atoms with van der Waals surface area (Å²) in [7, 11) is 0. The number of thiazole rings is 1. The summed E-state index contributed by atoms with van der Waals surface area (Å²) in [4.78, 5) is 4.59. The summed E-state index contributed by atoms with van der Waals surface area (Å²) in [6, 6.07) is 18.5. The van der Waals surface area contributed by atoms with Crippen molar-refractivity contribution in [1.82, 2.24) is 4.98 Å². The minimum absolute atomic E-state index is 0.185. The van der Waals surface area contributed by atoms with Gasteiger partial charge in [0.1, 0.15) is 17.2 Å². The van der Waals surface area contributed by atoms with Crippen LogP contribution in [0.25, 0.3) is 16.3 Å². The maximum absolute atomic E-state index is 5.69. The summed E-state index contributed by atoms with van der Waals surface area (Å²) in [5.41, 5.74) is 2.31. The van der Waals surface area contributed by atoms with E-state index in [1.54, 1.807) is 11.3 Å². The van der Waals surface area contributed by atoms with E-state index in [0.29, 0.717) is 0 Å². The second-order valence-corrected chi connectivity index (χ2v) is 5.87. The lowest BCUT2D eigenvalue weighted by Gasteiger charge is -1.91. The number of hydrogen-bond acceptors (Lipinski definition) is 3. The molecule has 0 saturated carbocycles. The highest BCUT2D eigenvalue weighted by Gasteiger charge is 2.37. The quantitative estimate of drug-likeness (QED) is 0.662. The van der Waals surface area contributed by atoms with Crippen molar-refractivity contribution >= 4 is 27.6 Å². The molecule has 98 valence electrons. The molecule has 20 heavy (non-hydrogen) atoms. The monoisotopic (exact) mass is 279 g/mol. The summed E-state index contributed by atoms with van der Waals surface area (Å²) < 4.78 is 6.91. The Morgan fingerprint density at radius 2 is 1.80 bits per heavy atom. The maximum atomic E-state index is 5.69. The van der Waals surface area contributed by atoms with Crippen molar-refractivity contribution in [3.63, 3.8) is 0 Å². The first-order valence-electron chi connectivity index (χ1n) is 6.64. The average molecular weight is 279 g/mol. The lowest BCUT2D eigenvalue weighted by molar-refractivity contribution is 0.394. The lowest BCUT2D eigenvalue weighted by Crippen LogP contribution is -1.83. The van der Waals surface area contributed by atoms with Gasteiger partial charge in [0.2, 0.25) is 0 Å². The van der Waals surface area contributed by atoms with Crippen molar-refractivity contribution in [3.05, 3.63) is 71.2 Å². The fraction of sp³-hybridized carbons (Fsp3) is 0.118. The van der Waals surface area contributed by atoms with Gasteiger partial charge in [-0.1, -0.05) is 42.5 Å². The Labute approximate surface area is 121 Å². The number of rotatable bonds is 3. The number of fused-ring (bicyclic) bond motifs is 1. The van der Waals surface area contributed by atoms with E-state index in [2.05, 4.69) is 35.3 Å². The van der Waals surface area contributed by atoms with Crippen LogP contribution in [0.2, 0.25) is 0 Å². The molecule has 1 aliphatic heterocycles. The number of ether oxygens (including phenoxy) is 1. The minimum atomic E-state index is 0.185. The Morgan fingerprint density at radius 1 is 1.00 bits per heavy atom. The molecule has 1 aliphatic rings. The normalized spacial score (nSPS) is 21.6. The largest absolute Gasteiger partial charge is 0.360 e. The summed E-state index contributed by atoms with van der Waals surface area (Å²) in [6.45, 7) is 0. The zero-order valence-electron chi connectivity index (χ0n) is 10.8. The average Bonchev–Trinajstić information content (AvgIpc) is 3.16. The van der Waals surface area contributed by atoms with Gasteiger partial charge in [0.05, 0.1) is 10.2 Å². The molecule has 0 amide bonds. The molecular formula is C17H13NOS. The predicted molar refractivity (Wildman–Crippen MR) is 82.7 cm³/mol. The SMILES string of the molecule is C(=C\C1OC1c1ccccc1)/c1nc2ccccc2s1. The fourth-order valence-electron chi connectivity index (χ4n) is 2.32. The molecule has 3 heteroatoms. The molecule has 3 aromatic rings. The predicted octanol–water partition coefficient (Wildman–Crippen LogP) is 4.45. The highest BCUT2D eigenvalue weighted by Crippen LogP contribution is 2.39. The van der Waals surface area contributed by atoms with Crippen molar-refractivity contribution < 1.29 is 4.74 Å². The van der Waals surface area contributed by atoms with E-state index in [1.807, 2.05) is 36.4 Å². The van der Waals surface area contributed by atoms with Crippen LogP contribution in [0, 0.1) is 0 Å². The molecule has 1 aromatic heterocycles. The van der Waals surface area contributed by atoms with Gasteiger partial charge >= 0.3 is 0 Å². The van der Waals surface area contributed by atoms with Gasteiger partial charge in [-0.15, -0.1) is 11.3 Å². The molecule has 2 heterocycles. The molecule has 2 atom stereocenters. The molecule has 2 nitrogen and oxygen atoms in total. The topological polar surface area (TPSA) is 25.4 Å². The van der Waals surface area contributed by atoms with Crippen LogP contribution in [0.4, 0.5) is 0 Å². The van der Waals surface area contributed by atoms with E-state index in [1.165, 1.54) is 10.3 Å². The first-order valence-corrected chi connectivity index (χ1v) is 7.46. The van der Waals surface area contributed by atoms with Crippen molar-refractivity contribution in [1.29, 1.82) is 0 Å². The third kappa shape index (κ3) is 2.26. The van der Waals surface area contributed by atoms with Crippen molar-refractivity contribution in [2.75, 3.05) is 0 Å². The number of aromatic nitrogens is 1. The summed E-state index contributed by atoms with van der Waals surface area (Å²) in [5, 5.41) is 1.04. The van der Waals surface area contributed by atoms with Crippen LogP contribution in [0.15, 0.2) is 60.7 Å². The minimum Gasteiger partial charge on any atom is -0.360 e. The number of hydrogen-bond donors (Lipinski definition) is 0. The van der Waals surface area contributed by atoms with Crippen LogP contribution < -0.4 is 0 Å².